The molecule has 0 atom stereocenters. The molecular weight excluding hydrogens is 458 g/mol. The Bertz CT molecular complexity index is 1170. The van der Waals surface area contributed by atoms with E-state index >= 15 is 0 Å². The third kappa shape index (κ3) is 7.05. The van der Waals surface area contributed by atoms with Gasteiger partial charge >= 0.3 is 11.9 Å². The topological polar surface area (TPSA) is 99.6 Å². The van der Waals surface area contributed by atoms with E-state index in [0.717, 1.165) is 43.4 Å². The number of ether oxygens (including phenoxy) is 3. The van der Waals surface area contributed by atoms with Gasteiger partial charge < -0.3 is 19.5 Å². The summed E-state index contributed by atoms with van der Waals surface area (Å²) in [6.45, 7) is 3.21. The smallest absolute Gasteiger partial charge is 0.308 e. The normalized spacial score (nSPS) is 10.7. The van der Waals surface area contributed by atoms with Crippen LogP contribution in [0.4, 0.5) is 11.5 Å². The largest absolute Gasteiger partial charge is 0.493 e. The third-order valence-corrected chi connectivity index (χ3v) is 5.38. The van der Waals surface area contributed by atoms with Gasteiger partial charge in [-0.05, 0) is 43.0 Å². The van der Waals surface area contributed by atoms with Gasteiger partial charge in [-0.2, -0.15) is 0 Å². The molecule has 0 saturated heterocycles. The van der Waals surface area contributed by atoms with Crippen molar-refractivity contribution in [2.24, 2.45) is 0 Å². The van der Waals surface area contributed by atoms with Gasteiger partial charge in [0.1, 0.15) is 12.1 Å². The zero-order valence-corrected chi connectivity index (χ0v) is 20.3. The number of hydrogen-bond donors (Lipinski definition) is 1. The minimum atomic E-state index is -0.450. The van der Waals surface area contributed by atoms with Gasteiger partial charge in [0.25, 0.3) is 0 Å². The van der Waals surface area contributed by atoms with E-state index in [-0.39, 0.29) is 5.97 Å². The number of nitrogens with zero attached hydrogens (tertiary/aromatic N) is 2. The average Bonchev–Trinajstić information content (AvgIpc) is 2.79. The van der Waals surface area contributed by atoms with Gasteiger partial charge in [-0.25, -0.2) is 9.97 Å². The highest BCUT2D eigenvalue weighted by atomic mass is 35.5. The summed E-state index contributed by atoms with van der Waals surface area (Å²) in [7, 11) is 1.50. The maximum Gasteiger partial charge on any atom is 0.308 e. The fourth-order valence-electron chi connectivity index (χ4n) is 3.56. The number of aromatic nitrogens is 2. The van der Waals surface area contributed by atoms with Gasteiger partial charge in [-0.3, -0.25) is 9.59 Å². The van der Waals surface area contributed by atoms with Crippen molar-refractivity contribution < 1.29 is 23.8 Å². The zero-order chi connectivity index (χ0) is 24.5. The number of nitrogens with one attached hydrogen (secondary N) is 1. The van der Waals surface area contributed by atoms with E-state index in [2.05, 4.69) is 15.3 Å². The van der Waals surface area contributed by atoms with Crippen LogP contribution in [0.1, 0.15) is 45.1 Å². The predicted octanol–water partition coefficient (Wildman–Crippen LogP) is 5.63. The van der Waals surface area contributed by atoms with Crippen LogP contribution in [0.5, 0.6) is 11.5 Å². The van der Waals surface area contributed by atoms with Crippen molar-refractivity contribution in [3.8, 4) is 11.5 Å². The monoisotopic (exact) mass is 485 g/mol. The molecule has 0 aliphatic carbocycles. The number of aryl methyl sites for hydroxylation is 1. The quantitative estimate of drug-likeness (QED) is 0.212. The fraction of sp³-hybridized carbons (Fsp3) is 0.360. The van der Waals surface area contributed by atoms with Gasteiger partial charge in [0.05, 0.1) is 19.2 Å². The Morgan fingerprint density at radius 1 is 0.971 bits per heavy atom. The molecule has 0 unspecified atom stereocenters. The molecule has 1 heterocycles. The maximum atomic E-state index is 11.5. The van der Waals surface area contributed by atoms with Crippen LogP contribution in [-0.4, -0.2) is 35.6 Å². The number of hydrogen-bond acceptors (Lipinski definition) is 8. The van der Waals surface area contributed by atoms with Crippen LogP contribution >= 0.6 is 11.6 Å². The first-order chi connectivity index (χ1) is 16.4. The SMILES string of the molecule is COc1cc2ncnc(Nc3cc(Cl)ccc3CCCCCCOC(C)=O)c2cc1OC(C)=O. The lowest BCUT2D eigenvalue weighted by molar-refractivity contribution is -0.141. The second-order valence-corrected chi connectivity index (χ2v) is 8.20. The number of unbranched alkanes of at least 4 members (excludes halogenated alkanes) is 3. The number of carbonyl (C=O) groups excluding carboxylic acids is 2. The van der Waals surface area contributed by atoms with E-state index in [9.17, 15) is 9.59 Å². The van der Waals surface area contributed by atoms with E-state index in [1.54, 1.807) is 12.1 Å². The fourth-order valence-corrected chi connectivity index (χ4v) is 3.73. The van der Waals surface area contributed by atoms with E-state index in [1.165, 1.54) is 27.3 Å². The minimum absolute atomic E-state index is 0.243. The lowest BCUT2D eigenvalue weighted by Gasteiger charge is -2.15. The second-order valence-electron chi connectivity index (χ2n) is 7.77. The molecule has 1 aromatic heterocycles. The molecule has 1 N–H and O–H groups in total. The molecule has 3 rings (SSSR count). The maximum absolute atomic E-state index is 11.5. The molecular formula is C25H28ClN3O5. The first-order valence-corrected chi connectivity index (χ1v) is 11.4. The Labute approximate surface area is 203 Å². The highest BCUT2D eigenvalue weighted by Gasteiger charge is 2.14. The molecule has 3 aromatic rings. The number of anilines is 2. The lowest BCUT2D eigenvalue weighted by Crippen LogP contribution is -2.04. The van der Waals surface area contributed by atoms with Crippen molar-refractivity contribution in [3.05, 3.63) is 47.2 Å². The summed E-state index contributed by atoms with van der Waals surface area (Å²) in [4.78, 5) is 31.1. The van der Waals surface area contributed by atoms with Gasteiger partial charge in [0, 0.05) is 36.0 Å². The molecule has 2 aromatic carbocycles. The number of benzene rings is 2. The van der Waals surface area contributed by atoms with Crippen molar-refractivity contribution in [2.75, 3.05) is 19.0 Å². The van der Waals surface area contributed by atoms with Crippen LogP contribution in [0.2, 0.25) is 5.02 Å². The minimum Gasteiger partial charge on any atom is -0.493 e. The van der Waals surface area contributed by atoms with Crippen LogP contribution in [0.15, 0.2) is 36.7 Å². The van der Waals surface area contributed by atoms with Crippen LogP contribution in [0.25, 0.3) is 10.9 Å². The summed E-state index contributed by atoms with van der Waals surface area (Å²) in [5, 5.41) is 4.66. The summed E-state index contributed by atoms with van der Waals surface area (Å²) in [5.41, 5.74) is 2.59. The van der Waals surface area contributed by atoms with Crippen molar-refractivity contribution in [3.63, 3.8) is 0 Å². The van der Waals surface area contributed by atoms with Gasteiger partial charge in [-0.15, -0.1) is 0 Å². The molecule has 8 nitrogen and oxygen atoms in total. The molecule has 0 radical (unpaired) electrons. The molecule has 180 valence electrons. The van der Waals surface area contributed by atoms with Crippen LogP contribution in [0, 0.1) is 0 Å². The van der Waals surface area contributed by atoms with Crippen LogP contribution in [-0.2, 0) is 20.7 Å². The molecule has 0 spiro atoms. The van der Waals surface area contributed by atoms with E-state index in [0.29, 0.717) is 39.8 Å². The number of esters is 2. The predicted molar refractivity (Wildman–Crippen MR) is 131 cm³/mol. The van der Waals surface area contributed by atoms with Crippen molar-refractivity contribution >= 4 is 45.9 Å². The summed E-state index contributed by atoms with van der Waals surface area (Å²) in [5.74, 6) is 0.567. The molecule has 0 saturated carbocycles. The Morgan fingerprint density at radius 2 is 1.76 bits per heavy atom. The van der Waals surface area contributed by atoms with Crippen LogP contribution < -0.4 is 14.8 Å². The Balaban J connectivity index is 1.78. The highest BCUT2D eigenvalue weighted by Crippen LogP contribution is 2.35. The first kappa shape index (κ1) is 25.2. The molecule has 0 fully saturated rings. The lowest BCUT2D eigenvalue weighted by atomic mass is 10.0. The molecule has 0 amide bonds. The number of halogens is 1. The van der Waals surface area contributed by atoms with Gasteiger partial charge in [-0.1, -0.05) is 30.5 Å². The molecule has 0 aliphatic heterocycles. The van der Waals surface area contributed by atoms with Crippen LogP contribution in [0.3, 0.4) is 0 Å². The van der Waals surface area contributed by atoms with E-state index in [1.807, 2.05) is 18.2 Å². The number of rotatable bonds is 11. The summed E-state index contributed by atoms with van der Waals surface area (Å²) in [6.07, 6.45) is 6.15. The van der Waals surface area contributed by atoms with E-state index in [4.69, 9.17) is 25.8 Å². The van der Waals surface area contributed by atoms with Crippen molar-refractivity contribution in [1.29, 1.82) is 0 Å². The molecule has 0 aliphatic rings. The van der Waals surface area contributed by atoms with Gasteiger partial charge in [0.15, 0.2) is 11.5 Å². The Hall–Kier alpha value is -3.39. The standard InChI is InChI=1S/C25H28ClN3O5/c1-16(30)33-11-7-5-4-6-8-18-9-10-19(26)12-21(18)29-25-20-13-24(34-17(2)31)23(32-3)14-22(20)27-15-28-25/h9-10,12-15H,4-8,11H2,1-3H3,(H,27,28,29). The Kier molecular flexibility index (Phi) is 9.04. The summed E-state index contributed by atoms with van der Waals surface area (Å²) in [6, 6.07) is 9.12. The zero-order valence-electron chi connectivity index (χ0n) is 19.5. The highest BCUT2D eigenvalue weighted by molar-refractivity contribution is 6.30. The molecule has 0 bridgehead atoms. The molecule has 34 heavy (non-hydrogen) atoms. The van der Waals surface area contributed by atoms with Gasteiger partial charge in [0.2, 0.25) is 0 Å². The first-order valence-electron chi connectivity index (χ1n) is 11.1. The Morgan fingerprint density at radius 3 is 2.50 bits per heavy atom. The third-order valence-electron chi connectivity index (χ3n) is 5.15. The van der Waals surface area contributed by atoms with E-state index < -0.39 is 5.97 Å². The number of carbonyl (C=O) groups is 2. The number of fused-ring (bicyclic) bond motifs is 1. The second kappa shape index (κ2) is 12.2. The number of methoxy groups -OCH3 is 1. The van der Waals surface area contributed by atoms with Crippen molar-refractivity contribution in [2.45, 2.75) is 46.0 Å². The van der Waals surface area contributed by atoms with Crippen molar-refractivity contribution in [1.82, 2.24) is 9.97 Å². The summed E-state index contributed by atoms with van der Waals surface area (Å²) >= 11 is 6.28. The molecule has 9 heteroatoms. The average molecular weight is 486 g/mol. The summed E-state index contributed by atoms with van der Waals surface area (Å²) < 4.78 is 15.6.